The van der Waals surface area contributed by atoms with Crippen molar-refractivity contribution in [1.29, 1.82) is 0 Å². The van der Waals surface area contributed by atoms with E-state index in [1.807, 2.05) is 6.92 Å². The molecule has 0 aromatic heterocycles. The zero-order chi connectivity index (χ0) is 9.56. The average molecular weight is 172 g/mol. The van der Waals surface area contributed by atoms with Gasteiger partial charge in [0.2, 0.25) is 5.91 Å². The van der Waals surface area contributed by atoms with Gasteiger partial charge in [0.05, 0.1) is 6.61 Å². The first-order chi connectivity index (χ1) is 5.63. The van der Waals surface area contributed by atoms with Crippen LogP contribution in [0.2, 0.25) is 0 Å². The Bertz CT molecular complexity index is 178. The van der Waals surface area contributed by atoms with Crippen molar-refractivity contribution in [2.45, 2.75) is 20.3 Å². The third-order valence-electron chi connectivity index (χ3n) is 1.39. The molecule has 0 fully saturated rings. The summed E-state index contributed by atoms with van der Waals surface area (Å²) in [5.41, 5.74) is 0. The molecular formula is C8H16N2O2. The number of ether oxygens (including phenoxy) is 1. The van der Waals surface area contributed by atoms with Crippen molar-refractivity contribution in [2.24, 2.45) is 4.99 Å². The lowest BCUT2D eigenvalue weighted by Gasteiger charge is -2.16. The van der Waals surface area contributed by atoms with Gasteiger partial charge in [-0.2, -0.15) is 0 Å². The largest absolute Gasteiger partial charge is 0.465 e. The second-order valence-corrected chi connectivity index (χ2v) is 2.43. The fourth-order valence-corrected chi connectivity index (χ4v) is 0.639. The highest BCUT2D eigenvalue weighted by Crippen LogP contribution is 1.92. The van der Waals surface area contributed by atoms with Crippen molar-refractivity contribution < 1.29 is 9.53 Å². The molecule has 1 amide bonds. The third kappa shape index (κ3) is 3.37. The van der Waals surface area contributed by atoms with Crippen LogP contribution in [0, 0.1) is 0 Å². The fourth-order valence-electron chi connectivity index (χ4n) is 0.639. The number of carbonyl (C=O) groups excluding carboxylic acids is 1. The zero-order valence-corrected chi connectivity index (χ0v) is 8.13. The Morgan fingerprint density at radius 2 is 2.17 bits per heavy atom. The maximum absolute atomic E-state index is 10.9. The number of hydrogen-bond acceptors (Lipinski definition) is 3. The maximum atomic E-state index is 10.9. The number of hydrogen-bond donors (Lipinski definition) is 0. The highest BCUT2D eigenvalue weighted by atomic mass is 16.5. The summed E-state index contributed by atoms with van der Waals surface area (Å²) in [7, 11) is 3.24. The van der Waals surface area contributed by atoms with E-state index in [9.17, 15) is 4.79 Å². The van der Waals surface area contributed by atoms with Crippen LogP contribution in [0.25, 0.3) is 0 Å². The molecule has 0 aromatic carbocycles. The summed E-state index contributed by atoms with van der Waals surface area (Å²) in [6, 6.07) is 0.379. The molecule has 0 heterocycles. The SMILES string of the molecule is CCCOC(=NC)N(C)C(C)=O. The minimum atomic E-state index is -0.0771. The number of nitrogens with zero attached hydrogens (tertiary/aromatic N) is 2. The number of amidine groups is 1. The molecule has 70 valence electrons. The van der Waals surface area contributed by atoms with Crippen molar-refractivity contribution in [2.75, 3.05) is 20.7 Å². The average Bonchev–Trinajstić information content (AvgIpc) is 2.05. The normalized spacial score (nSPS) is 11.2. The molecule has 0 atom stereocenters. The minimum absolute atomic E-state index is 0.0771. The number of rotatable bonds is 2. The molecule has 4 heteroatoms. The molecule has 0 spiro atoms. The van der Waals surface area contributed by atoms with E-state index in [4.69, 9.17) is 4.74 Å². The van der Waals surface area contributed by atoms with Gasteiger partial charge in [-0.15, -0.1) is 0 Å². The van der Waals surface area contributed by atoms with Gasteiger partial charge in [-0.3, -0.25) is 9.69 Å². The lowest BCUT2D eigenvalue weighted by atomic mass is 10.5. The van der Waals surface area contributed by atoms with Crippen molar-refractivity contribution in [3.63, 3.8) is 0 Å². The molecule has 0 aliphatic heterocycles. The topological polar surface area (TPSA) is 41.9 Å². The van der Waals surface area contributed by atoms with Crippen molar-refractivity contribution in [3.05, 3.63) is 0 Å². The second kappa shape index (κ2) is 5.57. The second-order valence-electron chi connectivity index (χ2n) is 2.43. The molecule has 0 unspecified atom stereocenters. The lowest BCUT2D eigenvalue weighted by Crippen LogP contribution is -2.33. The minimum Gasteiger partial charge on any atom is -0.465 e. The third-order valence-corrected chi connectivity index (χ3v) is 1.39. The summed E-state index contributed by atoms with van der Waals surface area (Å²) >= 11 is 0. The van der Waals surface area contributed by atoms with Crippen LogP contribution in [0.5, 0.6) is 0 Å². The van der Waals surface area contributed by atoms with Crippen molar-refractivity contribution in [1.82, 2.24) is 4.90 Å². The molecule has 0 saturated heterocycles. The van der Waals surface area contributed by atoms with E-state index < -0.39 is 0 Å². The molecule has 0 aromatic rings. The Kier molecular flexibility index (Phi) is 5.08. The Balaban J connectivity index is 4.07. The summed E-state index contributed by atoms with van der Waals surface area (Å²) in [5, 5.41) is 0. The Morgan fingerprint density at radius 3 is 2.50 bits per heavy atom. The van der Waals surface area contributed by atoms with E-state index in [0.29, 0.717) is 12.6 Å². The van der Waals surface area contributed by atoms with Gasteiger partial charge < -0.3 is 4.74 Å². The molecule has 12 heavy (non-hydrogen) atoms. The Hall–Kier alpha value is -1.06. The van der Waals surface area contributed by atoms with Gasteiger partial charge in [-0.25, -0.2) is 4.99 Å². The van der Waals surface area contributed by atoms with Crippen molar-refractivity contribution in [3.8, 4) is 0 Å². The maximum Gasteiger partial charge on any atom is 0.293 e. The predicted molar refractivity (Wildman–Crippen MR) is 48.0 cm³/mol. The molecule has 4 nitrogen and oxygen atoms in total. The predicted octanol–water partition coefficient (Wildman–Crippen LogP) is 0.877. The van der Waals surface area contributed by atoms with E-state index in [-0.39, 0.29) is 5.91 Å². The van der Waals surface area contributed by atoms with Crippen LogP contribution < -0.4 is 0 Å². The van der Waals surface area contributed by atoms with Crippen LogP contribution in [0.15, 0.2) is 4.99 Å². The molecule has 0 radical (unpaired) electrons. The van der Waals surface area contributed by atoms with Crippen LogP contribution in [0.1, 0.15) is 20.3 Å². The lowest BCUT2D eigenvalue weighted by molar-refractivity contribution is -0.124. The molecule has 0 bridgehead atoms. The van der Waals surface area contributed by atoms with Crippen LogP contribution >= 0.6 is 0 Å². The van der Waals surface area contributed by atoms with E-state index in [1.54, 1.807) is 14.1 Å². The molecule has 0 aliphatic carbocycles. The van der Waals surface area contributed by atoms with Gasteiger partial charge in [0.1, 0.15) is 0 Å². The van der Waals surface area contributed by atoms with Gasteiger partial charge in [-0.1, -0.05) is 6.92 Å². The molecule has 0 rings (SSSR count). The monoisotopic (exact) mass is 172 g/mol. The van der Waals surface area contributed by atoms with Crippen LogP contribution in [0.4, 0.5) is 0 Å². The van der Waals surface area contributed by atoms with E-state index in [0.717, 1.165) is 6.42 Å². The molecule has 0 aliphatic rings. The fraction of sp³-hybridized carbons (Fsp3) is 0.750. The zero-order valence-electron chi connectivity index (χ0n) is 8.13. The van der Waals surface area contributed by atoms with Gasteiger partial charge in [0.25, 0.3) is 6.02 Å². The van der Waals surface area contributed by atoms with E-state index in [1.165, 1.54) is 11.8 Å². The van der Waals surface area contributed by atoms with Gasteiger partial charge >= 0.3 is 0 Å². The van der Waals surface area contributed by atoms with E-state index >= 15 is 0 Å². The van der Waals surface area contributed by atoms with Crippen LogP contribution in [-0.4, -0.2) is 37.5 Å². The first kappa shape index (κ1) is 10.9. The van der Waals surface area contributed by atoms with Gasteiger partial charge in [0, 0.05) is 21.0 Å². The molecule has 0 N–H and O–H groups in total. The number of amides is 1. The van der Waals surface area contributed by atoms with E-state index in [2.05, 4.69) is 4.99 Å². The standard InChI is InChI=1S/C8H16N2O2/c1-5-6-12-8(9-3)10(4)7(2)11/h5-6H2,1-4H3. The van der Waals surface area contributed by atoms with Gasteiger partial charge in [-0.05, 0) is 6.42 Å². The quantitative estimate of drug-likeness (QED) is 0.458. The number of aliphatic imine (C=N–C) groups is 1. The smallest absolute Gasteiger partial charge is 0.293 e. The first-order valence-electron chi connectivity index (χ1n) is 3.97. The van der Waals surface area contributed by atoms with Crippen LogP contribution in [0.3, 0.4) is 0 Å². The highest BCUT2D eigenvalue weighted by Gasteiger charge is 2.10. The molecular weight excluding hydrogens is 156 g/mol. The summed E-state index contributed by atoms with van der Waals surface area (Å²) < 4.78 is 5.22. The Morgan fingerprint density at radius 1 is 1.58 bits per heavy atom. The molecule has 0 saturated carbocycles. The summed E-state index contributed by atoms with van der Waals surface area (Å²) in [4.78, 5) is 16.1. The summed E-state index contributed by atoms with van der Waals surface area (Å²) in [6.45, 7) is 4.06. The van der Waals surface area contributed by atoms with Crippen LogP contribution in [-0.2, 0) is 9.53 Å². The summed E-state index contributed by atoms with van der Waals surface area (Å²) in [5.74, 6) is -0.0771. The first-order valence-corrected chi connectivity index (χ1v) is 3.97. The highest BCUT2D eigenvalue weighted by molar-refractivity contribution is 5.92. The summed E-state index contributed by atoms with van der Waals surface area (Å²) in [6.07, 6.45) is 0.908. The Labute approximate surface area is 73.2 Å². The van der Waals surface area contributed by atoms with Crippen molar-refractivity contribution >= 4 is 11.9 Å². The van der Waals surface area contributed by atoms with Gasteiger partial charge in [0.15, 0.2) is 0 Å². The number of carbonyl (C=O) groups is 1.